The van der Waals surface area contributed by atoms with Gasteiger partial charge in [-0.15, -0.1) is 4.33 Å². The van der Waals surface area contributed by atoms with Gasteiger partial charge in [0.1, 0.15) is 6.10 Å². The number of fused-ring (bicyclic) bond motifs is 1. The number of benzene rings is 1. The zero-order valence-corrected chi connectivity index (χ0v) is 23.3. The van der Waals surface area contributed by atoms with Crippen LogP contribution in [0.3, 0.4) is 0 Å². The Kier molecular flexibility index (Phi) is 9.06. The second-order valence-corrected chi connectivity index (χ2v) is 13.2. The molecule has 5 heteroatoms. The number of rotatable bonds is 9. The molecule has 0 aliphatic heterocycles. The van der Waals surface area contributed by atoms with Crippen LogP contribution in [-0.4, -0.2) is 17.3 Å². The summed E-state index contributed by atoms with van der Waals surface area (Å²) in [5, 5.41) is -0.0497. The van der Waals surface area contributed by atoms with Gasteiger partial charge in [-0.1, -0.05) is 79.5 Å². The minimum absolute atomic E-state index is 0.0212. The standard InChI is InChI=1S/C29H46O4S/c1-19-13-12-18-29(8)24(19)16-17-25(29)20(2)26(31-22(4)30)27(21(3)28(5,6)7)34-33-32-23-14-10-9-11-15-23/h9-11,14-15,19-21,24-27H,12-13,16-18H2,1-8H3/t19?,20-,21-,24?,25-,26?,27?,29+/m1/s1. The predicted octanol–water partition coefficient (Wildman–Crippen LogP) is 8.12. The second kappa shape index (κ2) is 11.2. The molecule has 0 saturated heterocycles. The maximum atomic E-state index is 12.4. The molecule has 1 aromatic rings. The number of hydrogen-bond acceptors (Lipinski definition) is 5. The first kappa shape index (κ1) is 27.4. The molecule has 0 N–H and O–H groups in total. The highest BCUT2D eigenvalue weighted by molar-refractivity contribution is 7.95. The number of hydrogen-bond donors (Lipinski definition) is 0. The van der Waals surface area contributed by atoms with Crippen LogP contribution in [-0.2, 0) is 13.9 Å². The smallest absolute Gasteiger partial charge is 0.302 e. The molecule has 0 aromatic heterocycles. The molecule has 2 saturated carbocycles. The van der Waals surface area contributed by atoms with E-state index in [9.17, 15) is 4.79 Å². The van der Waals surface area contributed by atoms with Gasteiger partial charge in [0, 0.05) is 6.92 Å². The average molecular weight is 491 g/mol. The Bertz CT molecular complexity index is 791. The lowest BCUT2D eigenvalue weighted by atomic mass is 9.59. The predicted molar refractivity (Wildman–Crippen MR) is 140 cm³/mol. The fourth-order valence-electron chi connectivity index (χ4n) is 6.86. The molecule has 34 heavy (non-hydrogen) atoms. The van der Waals surface area contributed by atoms with E-state index in [1.165, 1.54) is 51.1 Å². The van der Waals surface area contributed by atoms with Crippen LogP contribution in [0.4, 0.5) is 0 Å². The van der Waals surface area contributed by atoms with Gasteiger partial charge in [-0.2, -0.15) is 0 Å². The first-order valence-corrected chi connectivity index (χ1v) is 14.0. The SMILES string of the molecule is CC(=O)OC(C(SOOc1ccccc1)[C@@H](C)C(C)(C)C)[C@H](C)[C@H]1CCC2C(C)CCC[C@@]21C. The first-order valence-electron chi connectivity index (χ1n) is 13.2. The zero-order valence-electron chi connectivity index (χ0n) is 22.5. The summed E-state index contributed by atoms with van der Waals surface area (Å²) < 4.78 is 11.9. The molecule has 4 unspecified atom stereocenters. The van der Waals surface area contributed by atoms with E-state index in [1.54, 1.807) is 0 Å². The van der Waals surface area contributed by atoms with E-state index < -0.39 is 0 Å². The Balaban J connectivity index is 1.85. The van der Waals surface area contributed by atoms with Crippen LogP contribution in [0.15, 0.2) is 30.3 Å². The maximum Gasteiger partial charge on any atom is 0.302 e. The summed E-state index contributed by atoms with van der Waals surface area (Å²) in [4.78, 5) is 18.0. The Morgan fingerprint density at radius 3 is 2.41 bits per heavy atom. The highest BCUT2D eigenvalue weighted by atomic mass is 32.2. The molecule has 0 bridgehead atoms. The van der Waals surface area contributed by atoms with Crippen LogP contribution in [0.1, 0.15) is 87.5 Å². The van der Waals surface area contributed by atoms with Crippen LogP contribution in [0.5, 0.6) is 5.75 Å². The summed E-state index contributed by atoms with van der Waals surface area (Å²) in [5.74, 6) is 3.02. The Morgan fingerprint density at radius 2 is 1.79 bits per heavy atom. The normalized spacial score (nSPS) is 30.6. The molecular weight excluding hydrogens is 444 g/mol. The maximum absolute atomic E-state index is 12.4. The van der Waals surface area contributed by atoms with Crippen LogP contribution in [0.25, 0.3) is 0 Å². The van der Waals surface area contributed by atoms with E-state index in [4.69, 9.17) is 14.0 Å². The van der Waals surface area contributed by atoms with Gasteiger partial charge in [-0.05, 0) is 71.8 Å². The van der Waals surface area contributed by atoms with Crippen molar-refractivity contribution in [1.29, 1.82) is 0 Å². The van der Waals surface area contributed by atoms with E-state index >= 15 is 0 Å². The van der Waals surface area contributed by atoms with Gasteiger partial charge in [0.25, 0.3) is 0 Å². The molecule has 2 fully saturated rings. The lowest BCUT2D eigenvalue weighted by Crippen LogP contribution is -2.48. The molecule has 2 aliphatic carbocycles. The first-order chi connectivity index (χ1) is 15.9. The second-order valence-electron chi connectivity index (χ2n) is 12.3. The largest absolute Gasteiger partial charge is 0.461 e. The highest BCUT2D eigenvalue weighted by Gasteiger charge is 2.54. The van der Waals surface area contributed by atoms with Gasteiger partial charge in [0.05, 0.1) is 17.3 Å². The minimum Gasteiger partial charge on any atom is -0.461 e. The Hall–Kier alpha value is -1.20. The van der Waals surface area contributed by atoms with Crippen molar-refractivity contribution in [2.75, 3.05) is 0 Å². The Morgan fingerprint density at radius 1 is 1.12 bits per heavy atom. The van der Waals surface area contributed by atoms with E-state index in [2.05, 4.69) is 48.5 Å². The lowest BCUT2D eigenvalue weighted by molar-refractivity contribution is -0.153. The summed E-state index contributed by atoms with van der Waals surface area (Å²) in [6.07, 6.45) is 6.20. The molecular formula is C29H46O4S. The molecule has 3 rings (SSSR count). The third kappa shape index (κ3) is 6.13. The number of ether oxygens (including phenoxy) is 1. The van der Waals surface area contributed by atoms with E-state index in [-0.39, 0.29) is 34.6 Å². The van der Waals surface area contributed by atoms with Crippen molar-refractivity contribution in [3.63, 3.8) is 0 Å². The quantitative estimate of drug-likeness (QED) is 0.151. The fraction of sp³-hybridized carbons (Fsp3) is 0.759. The van der Waals surface area contributed by atoms with Crippen molar-refractivity contribution >= 4 is 18.0 Å². The monoisotopic (exact) mass is 490 g/mol. The molecule has 1 aromatic carbocycles. The van der Waals surface area contributed by atoms with Crippen LogP contribution < -0.4 is 4.89 Å². The summed E-state index contributed by atoms with van der Waals surface area (Å²) in [6, 6.07) is 9.54. The molecule has 0 heterocycles. The summed E-state index contributed by atoms with van der Waals surface area (Å²) in [7, 11) is 0. The van der Waals surface area contributed by atoms with Crippen molar-refractivity contribution < 1.29 is 18.8 Å². The van der Waals surface area contributed by atoms with Crippen molar-refractivity contribution in [2.45, 2.75) is 98.8 Å². The number of carbonyl (C=O) groups excluding carboxylic acids is 1. The van der Waals surface area contributed by atoms with E-state index in [0.717, 1.165) is 11.8 Å². The minimum atomic E-state index is -0.242. The van der Waals surface area contributed by atoms with E-state index in [1.807, 2.05) is 30.3 Å². The van der Waals surface area contributed by atoms with Crippen LogP contribution in [0.2, 0.25) is 0 Å². The number of esters is 1. The number of para-hydroxylation sites is 1. The zero-order chi connectivity index (χ0) is 25.1. The number of carbonyl (C=O) groups is 1. The molecule has 0 amide bonds. The Labute approximate surface area is 212 Å². The van der Waals surface area contributed by atoms with Crippen LogP contribution >= 0.6 is 12.0 Å². The summed E-state index contributed by atoms with van der Waals surface area (Å²) in [6.45, 7) is 17.8. The molecule has 4 nitrogen and oxygen atoms in total. The van der Waals surface area contributed by atoms with E-state index in [0.29, 0.717) is 17.1 Å². The molecule has 192 valence electrons. The van der Waals surface area contributed by atoms with Gasteiger partial charge in [0.2, 0.25) is 0 Å². The van der Waals surface area contributed by atoms with Gasteiger partial charge in [-0.3, -0.25) is 4.79 Å². The van der Waals surface area contributed by atoms with Gasteiger partial charge in [-0.25, -0.2) is 0 Å². The van der Waals surface area contributed by atoms with Crippen LogP contribution in [0, 0.1) is 40.4 Å². The van der Waals surface area contributed by atoms with Crippen molar-refractivity contribution in [3.05, 3.63) is 30.3 Å². The molecule has 8 atom stereocenters. The van der Waals surface area contributed by atoms with Gasteiger partial charge < -0.3 is 9.62 Å². The van der Waals surface area contributed by atoms with Gasteiger partial charge >= 0.3 is 5.97 Å². The average Bonchev–Trinajstić information content (AvgIpc) is 3.13. The molecule has 2 aliphatic rings. The molecule has 0 radical (unpaired) electrons. The fourth-order valence-corrected chi connectivity index (χ4v) is 8.05. The van der Waals surface area contributed by atoms with Crippen molar-refractivity contribution in [3.8, 4) is 5.75 Å². The van der Waals surface area contributed by atoms with Crippen molar-refractivity contribution in [1.82, 2.24) is 0 Å². The van der Waals surface area contributed by atoms with Crippen molar-refractivity contribution in [2.24, 2.45) is 40.4 Å². The molecule has 0 spiro atoms. The summed E-state index contributed by atoms with van der Waals surface area (Å²) >= 11 is 1.32. The third-order valence-corrected chi connectivity index (χ3v) is 10.3. The highest BCUT2D eigenvalue weighted by Crippen LogP contribution is 2.60. The summed E-state index contributed by atoms with van der Waals surface area (Å²) in [5.41, 5.74) is 0.338. The van der Waals surface area contributed by atoms with Gasteiger partial charge in [0.15, 0.2) is 5.75 Å². The third-order valence-electron chi connectivity index (χ3n) is 9.21. The lowest BCUT2D eigenvalue weighted by Gasteiger charge is -2.48. The topological polar surface area (TPSA) is 44.8 Å².